The number of hydrogen-bond acceptors (Lipinski definition) is 4. The summed E-state index contributed by atoms with van der Waals surface area (Å²) in [6.45, 7) is 0.825. The van der Waals surface area contributed by atoms with Crippen LogP contribution >= 0.6 is 0 Å². The van der Waals surface area contributed by atoms with E-state index in [9.17, 15) is 4.79 Å². The van der Waals surface area contributed by atoms with Crippen LogP contribution in [0.4, 0.5) is 11.5 Å². The van der Waals surface area contributed by atoms with E-state index in [0.29, 0.717) is 17.9 Å². The molecule has 18 heavy (non-hydrogen) atoms. The zero-order valence-electron chi connectivity index (χ0n) is 10.4. The number of carbonyl (C=O) groups excluding carboxylic acids is 1. The highest BCUT2D eigenvalue weighted by molar-refractivity contribution is 5.89. The van der Waals surface area contributed by atoms with Gasteiger partial charge in [0.2, 0.25) is 5.91 Å². The maximum atomic E-state index is 11.7. The first-order chi connectivity index (χ1) is 8.74. The minimum Gasteiger partial charge on any atom is -0.397 e. The average molecular weight is 249 g/mol. The fourth-order valence-electron chi connectivity index (χ4n) is 2.01. The van der Waals surface area contributed by atoms with Crippen LogP contribution < -0.4 is 11.1 Å². The molecular formula is C13H19N3O2. The second-order valence-corrected chi connectivity index (χ2v) is 4.55. The molecule has 3 N–H and O–H groups in total. The molecule has 0 aromatic carbocycles. The lowest BCUT2D eigenvalue weighted by atomic mass is 10.0. The normalized spacial score (nSPS) is 19.4. The number of carbonyl (C=O) groups is 1. The molecule has 1 amide bonds. The summed E-state index contributed by atoms with van der Waals surface area (Å²) in [7, 11) is 0. The minimum atomic E-state index is -0.0264. The average Bonchev–Trinajstić information content (AvgIpc) is 2.40. The topological polar surface area (TPSA) is 77.2 Å². The van der Waals surface area contributed by atoms with E-state index in [-0.39, 0.29) is 12.0 Å². The molecule has 1 aliphatic heterocycles. The molecule has 5 nitrogen and oxygen atoms in total. The monoisotopic (exact) mass is 249 g/mol. The summed E-state index contributed by atoms with van der Waals surface area (Å²) in [6, 6.07) is 3.41. The number of ether oxygens (including phenoxy) is 1. The Morgan fingerprint density at radius 1 is 1.50 bits per heavy atom. The van der Waals surface area contributed by atoms with Gasteiger partial charge in [-0.05, 0) is 37.8 Å². The molecule has 1 aromatic rings. The van der Waals surface area contributed by atoms with Crippen LogP contribution in [0.5, 0.6) is 0 Å². The predicted molar refractivity (Wildman–Crippen MR) is 70.1 cm³/mol. The highest BCUT2D eigenvalue weighted by atomic mass is 16.5. The molecular weight excluding hydrogens is 230 g/mol. The first kappa shape index (κ1) is 12.8. The molecule has 1 aliphatic rings. The van der Waals surface area contributed by atoms with Gasteiger partial charge in [-0.1, -0.05) is 0 Å². The van der Waals surface area contributed by atoms with E-state index in [4.69, 9.17) is 10.5 Å². The highest BCUT2D eigenvalue weighted by Crippen LogP contribution is 2.17. The Kier molecular flexibility index (Phi) is 4.52. The molecule has 1 aromatic heterocycles. The van der Waals surface area contributed by atoms with Gasteiger partial charge in [0.25, 0.3) is 0 Å². The van der Waals surface area contributed by atoms with E-state index in [1.54, 1.807) is 12.1 Å². The lowest BCUT2D eigenvalue weighted by Crippen LogP contribution is -2.22. The largest absolute Gasteiger partial charge is 0.397 e. The van der Waals surface area contributed by atoms with Gasteiger partial charge in [-0.3, -0.25) is 4.79 Å². The van der Waals surface area contributed by atoms with Gasteiger partial charge in [-0.15, -0.1) is 0 Å². The molecule has 98 valence electrons. The van der Waals surface area contributed by atoms with Crippen molar-refractivity contribution in [2.75, 3.05) is 17.7 Å². The van der Waals surface area contributed by atoms with Crippen LogP contribution in [0.15, 0.2) is 18.3 Å². The summed E-state index contributed by atoms with van der Waals surface area (Å²) in [6.07, 6.45) is 6.41. The number of nitrogens with one attached hydrogen (secondary N) is 1. The maximum Gasteiger partial charge on any atom is 0.225 e. The molecule has 0 aliphatic carbocycles. The van der Waals surface area contributed by atoms with Crippen molar-refractivity contribution < 1.29 is 9.53 Å². The molecule has 1 atom stereocenters. The van der Waals surface area contributed by atoms with Crippen LogP contribution in [-0.2, 0) is 9.53 Å². The molecule has 0 saturated carbocycles. The van der Waals surface area contributed by atoms with Gasteiger partial charge in [0.05, 0.1) is 18.0 Å². The van der Waals surface area contributed by atoms with Crippen LogP contribution in [0.2, 0.25) is 0 Å². The molecule has 1 fully saturated rings. The number of aromatic nitrogens is 1. The van der Waals surface area contributed by atoms with E-state index in [1.807, 2.05) is 0 Å². The SMILES string of the molecule is Nc1ccc(NC(=O)CCC2CCCCO2)nc1. The van der Waals surface area contributed by atoms with Gasteiger partial charge in [-0.25, -0.2) is 4.98 Å². The van der Waals surface area contributed by atoms with Crippen molar-refractivity contribution in [2.24, 2.45) is 0 Å². The summed E-state index contributed by atoms with van der Waals surface area (Å²) >= 11 is 0. The summed E-state index contributed by atoms with van der Waals surface area (Å²) < 4.78 is 5.58. The Balaban J connectivity index is 1.73. The third kappa shape index (κ3) is 4.00. The summed E-state index contributed by atoms with van der Waals surface area (Å²) in [5.74, 6) is 0.514. The third-order valence-electron chi connectivity index (χ3n) is 3.02. The number of hydrogen-bond donors (Lipinski definition) is 2. The van der Waals surface area contributed by atoms with Gasteiger partial charge in [0.1, 0.15) is 5.82 Å². The molecule has 0 radical (unpaired) electrons. The van der Waals surface area contributed by atoms with Crippen LogP contribution in [0, 0.1) is 0 Å². The number of nitrogen functional groups attached to an aromatic ring is 1. The van der Waals surface area contributed by atoms with E-state index in [0.717, 1.165) is 25.9 Å². The number of anilines is 2. The highest BCUT2D eigenvalue weighted by Gasteiger charge is 2.15. The number of pyridine rings is 1. The Morgan fingerprint density at radius 3 is 3.06 bits per heavy atom. The van der Waals surface area contributed by atoms with Crippen molar-refractivity contribution in [3.63, 3.8) is 0 Å². The first-order valence-corrected chi connectivity index (χ1v) is 6.37. The number of nitrogens with two attached hydrogens (primary N) is 1. The van der Waals surface area contributed by atoms with Crippen LogP contribution in [-0.4, -0.2) is 23.6 Å². The molecule has 1 saturated heterocycles. The second-order valence-electron chi connectivity index (χ2n) is 4.55. The summed E-state index contributed by atoms with van der Waals surface area (Å²) in [4.78, 5) is 15.7. The molecule has 1 unspecified atom stereocenters. The Hall–Kier alpha value is -1.62. The fraction of sp³-hybridized carbons (Fsp3) is 0.538. The van der Waals surface area contributed by atoms with Crippen molar-refractivity contribution in [3.05, 3.63) is 18.3 Å². The van der Waals surface area contributed by atoms with Crippen molar-refractivity contribution in [1.29, 1.82) is 0 Å². The first-order valence-electron chi connectivity index (χ1n) is 6.37. The van der Waals surface area contributed by atoms with Crippen LogP contribution in [0.25, 0.3) is 0 Å². The number of amides is 1. The summed E-state index contributed by atoms with van der Waals surface area (Å²) in [5.41, 5.74) is 6.11. The third-order valence-corrected chi connectivity index (χ3v) is 3.02. The van der Waals surface area contributed by atoms with Crippen LogP contribution in [0.1, 0.15) is 32.1 Å². The van der Waals surface area contributed by atoms with Gasteiger partial charge < -0.3 is 15.8 Å². The number of nitrogens with zero attached hydrogens (tertiary/aromatic N) is 1. The summed E-state index contributed by atoms with van der Waals surface area (Å²) in [5, 5.41) is 2.75. The quantitative estimate of drug-likeness (QED) is 0.855. The molecule has 0 bridgehead atoms. The zero-order chi connectivity index (χ0) is 12.8. The predicted octanol–water partition coefficient (Wildman–Crippen LogP) is 1.95. The van der Waals surface area contributed by atoms with E-state index >= 15 is 0 Å². The van der Waals surface area contributed by atoms with Gasteiger partial charge in [-0.2, -0.15) is 0 Å². The van der Waals surface area contributed by atoms with E-state index < -0.39 is 0 Å². The van der Waals surface area contributed by atoms with E-state index in [1.165, 1.54) is 12.6 Å². The Labute approximate surface area is 107 Å². The van der Waals surface area contributed by atoms with Crippen molar-refractivity contribution >= 4 is 17.4 Å². The Bertz CT molecular complexity index is 386. The van der Waals surface area contributed by atoms with Gasteiger partial charge in [0, 0.05) is 13.0 Å². The van der Waals surface area contributed by atoms with Crippen molar-refractivity contribution in [3.8, 4) is 0 Å². The maximum absolute atomic E-state index is 11.7. The Morgan fingerprint density at radius 2 is 2.39 bits per heavy atom. The lowest BCUT2D eigenvalue weighted by molar-refractivity contribution is -0.117. The van der Waals surface area contributed by atoms with Gasteiger partial charge >= 0.3 is 0 Å². The van der Waals surface area contributed by atoms with Crippen molar-refractivity contribution in [1.82, 2.24) is 4.98 Å². The molecule has 2 rings (SSSR count). The molecule has 0 spiro atoms. The zero-order valence-corrected chi connectivity index (χ0v) is 10.4. The van der Waals surface area contributed by atoms with Crippen LogP contribution in [0.3, 0.4) is 0 Å². The minimum absolute atomic E-state index is 0.0264. The fourth-order valence-corrected chi connectivity index (χ4v) is 2.01. The number of rotatable bonds is 4. The van der Waals surface area contributed by atoms with Crippen molar-refractivity contribution in [2.45, 2.75) is 38.2 Å². The van der Waals surface area contributed by atoms with Gasteiger partial charge in [0.15, 0.2) is 0 Å². The lowest BCUT2D eigenvalue weighted by Gasteiger charge is -2.22. The van der Waals surface area contributed by atoms with E-state index in [2.05, 4.69) is 10.3 Å². The molecule has 5 heteroatoms. The molecule has 2 heterocycles. The standard InChI is InChI=1S/C13H19N3O2/c14-10-4-6-12(15-9-10)16-13(17)7-5-11-3-1-2-8-18-11/h4,6,9,11H,1-3,5,7-8,14H2,(H,15,16,17). The smallest absolute Gasteiger partial charge is 0.225 e. The second kappa shape index (κ2) is 6.35.